The van der Waals surface area contributed by atoms with Crippen LogP contribution in [0, 0.1) is 0 Å². The highest BCUT2D eigenvalue weighted by Gasteiger charge is 2.13. The van der Waals surface area contributed by atoms with Crippen LogP contribution >= 0.6 is 24.0 Å². The molecule has 0 aromatic heterocycles. The number of thioether (sulfide) groups is 1. The number of hydrazone groups is 1. The fourth-order valence-corrected chi connectivity index (χ4v) is 4.17. The van der Waals surface area contributed by atoms with E-state index in [1.165, 1.54) is 32.1 Å². The highest BCUT2D eigenvalue weighted by molar-refractivity contribution is 8.14. The van der Waals surface area contributed by atoms with Crippen LogP contribution in [0.3, 0.4) is 0 Å². The van der Waals surface area contributed by atoms with E-state index in [1.807, 2.05) is 6.92 Å². The molecule has 1 aromatic rings. The SMILES string of the molecule is C/C(=N/NC(=S)NC1CCCCC1)c1ccc(NC2=NCCCS2)cc1. The maximum Gasteiger partial charge on any atom is 0.187 e. The third-order valence-electron chi connectivity index (χ3n) is 4.62. The van der Waals surface area contributed by atoms with Crippen LogP contribution in [0.2, 0.25) is 0 Å². The van der Waals surface area contributed by atoms with Gasteiger partial charge in [-0.1, -0.05) is 43.2 Å². The quantitative estimate of drug-likeness (QED) is 0.411. The van der Waals surface area contributed by atoms with Gasteiger partial charge in [-0.2, -0.15) is 5.10 Å². The molecular weight excluding hydrogens is 362 g/mol. The first-order valence-electron chi connectivity index (χ1n) is 9.36. The lowest BCUT2D eigenvalue weighted by atomic mass is 9.96. The summed E-state index contributed by atoms with van der Waals surface area (Å²) in [5.41, 5.74) is 6.01. The first kappa shape index (κ1) is 19.2. The Morgan fingerprint density at radius 2 is 1.92 bits per heavy atom. The van der Waals surface area contributed by atoms with Gasteiger partial charge in [0, 0.05) is 24.0 Å². The Labute approximate surface area is 165 Å². The van der Waals surface area contributed by atoms with Gasteiger partial charge >= 0.3 is 0 Å². The van der Waals surface area contributed by atoms with Gasteiger partial charge in [0.2, 0.25) is 0 Å². The van der Waals surface area contributed by atoms with Crippen molar-refractivity contribution in [2.24, 2.45) is 10.1 Å². The first-order chi connectivity index (χ1) is 12.7. The van der Waals surface area contributed by atoms with Crippen LogP contribution in [0.1, 0.15) is 51.0 Å². The molecule has 1 heterocycles. The minimum atomic E-state index is 0.491. The van der Waals surface area contributed by atoms with Crippen LogP contribution in [0.25, 0.3) is 0 Å². The average Bonchev–Trinajstić information content (AvgIpc) is 2.68. The first-order valence-corrected chi connectivity index (χ1v) is 10.8. The van der Waals surface area contributed by atoms with E-state index in [9.17, 15) is 0 Å². The van der Waals surface area contributed by atoms with E-state index in [0.29, 0.717) is 11.2 Å². The molecule has 0 amide bonds. The monoisotopic (exact) mass is 389 g/mol. The molecule has 1 aliphatic heterocycles. The summed E-state index contributed by atoms with van der Waals surface area (Å²) in [5, 5.41) is 12.8. The molecular formula is C19H27N5S2. The molecule has 1 aromatic carbocycles. The molecule has 7 heteroatoms. The van der Waals surface area contributed by atoms with Gasteiger partial charge in [0.25, 0.3) is 0 Å². The molecule has 1 aliphatic carbocycles. The third-order valence-corrected chi connectivity index (χ3v) is 5.82. The number of nitrogens with zero attached hydrogens (tertiary/aromatic N) is 2. The van der Waals surface area contributed by atoms with Gasteiger partial charge < -0.3 is 10.6 Å². The van der Waals surface area contributed by atoms with E-state index in [2.05, 4.69) is 50.4 Å². The van der Waals surface area contributed by atoms with Gasteiger partial charge in [0.1, 0.15) is 0 Å². The number of rotatable bonds is 4. The minimum Gasteiger partial charge on any atom is -0.359 e. The topological polar surface area (TPSA) is 60.8 Å². The Kier molecular flexibility index (Phi) is 7.32. The van der Waals surface area contributed by atoms with Crippen molar-refractivity contribution < 1.29 is 0 Å². The van der Waals surface area contributed by atoms with E-state index in [4.69, 9.17) is 12.2 Å². The predicted octanol–water partition coefficient (Wildman–Crippen LogP) is 4.11. The van der Waals surface area contributed by atoms with E-state index in [0.717, 1.165) is 40.8 Å². The second kappa shape index (κ2) is 9.92. The van der Waals surface area contributed by atoms with Crippen LogP contribution in [-0.2, 0) is 0 Å². The number of amidine groups is 1. The van der Waals surface area contributed by atoms with Crippen molar-refractivity contribution in [2.45, 2.75) is 51.5 Å². The van der Waals surface area contributed by atoms with Gasteiger partial charge in [-0.25, -0.2) is 0 Å². The van der Waals surface area contributed by atoms with Crippen LogP contribution < -0.4 is 16.1 Å². The molecule has 2 aliphatic rings. The van der Waals surface area contributed by atoms with Crippen LogP contribution in [0.5, 0.6) is 0 Å². The zero-order chi connectivity index (χ0) is 18.2. The number of thiocarbonyl (C=S) groups is 1. The van der Waals surface area contributed by atoms with E-state index >= 15 is 0 Å². The molecule has 3 rings (SSSR count). The van der Waals surface area contributed by atoms with E-state index < -0.39 is 0 Å². The van der Waals surface area contributed by atoms with Crippen molar-refractivity contribution in [1.82, 2.24) is 10.7 Å². The van der Waals surface area contributed by atoms with Crippen molar-refractivity contribution >= 4 is 45.7 Å². The number of anilines is 1. The lowest BCUT2D eigenvalue weighted by Crippen LogP contribution is -2.41. The largest absolute Gasteiger partial charge is 0.359 e. The summed E-state index contributed by atoms with van der Waals surface area (Å²) in [6.07, 6.45) is 7.47. The Morgan fingerprint density at radius 3 is 2.62 bits per heavy atom. The predicted molar refractivity (Wildman–Crippen MR) is 117 cm³/mol. The van der Waals surface area contributed by atoms with Crippen molar-refractivity contribution in [2.75, 3.05) is 17.6 Å². The third kappa shape index (κ3) is 5.99. The molecule has 0 spiro atoms. The second-order valence-electron chi connectivity index (χ2n) is 6.71. The van der Waals surface area contributed by atoms with E-state index in [1.54, 1.807) is 11.8 Å². The maximum atomic E-state index is 5.36. The fraction of sp³-hybridized carbons (Fsp3) is 0.526. The molecule has 1 saturated carbocycles. The lowest BCUT2D eigenvalue weighted by molar-refractivity contribution is 0.412. The number of aliphatic imine (C=N–C) groups is 1. The summed E-state index contributed by atoms with van der Waals surface area (Å²) in [5.74, 6) is 1.14. The number of hydrogen-bond acceptors (Lipinski definition) is 5. The molecule has 0 atom stereocenters. The average molecular weight is 390 g/mol. The molecule has 0 radical (unpaired) electrons. The van der Waals surface area contributed by atoms with Crippen molar-refractivity contribution in [1.29, 1.82) is 0 Å². The molecule has 0 bridgehead atoms. The summed E-state index contributed by atoms with van der Waals surface area (Å²) in [7, 11) is 0. The van der Waals surface area contributed by atoms with Gasteiger partial charge in [-0.05, 0) is 56.1 Å². The van der Waals surface area contributed by atoms with Gasteiger partial charge in [-0.15, -0.1) is 0 Å². The molecule has 140 valence electrons. The summed E-state index contributed by atoms with van der Waals surface area (Å²) >= 11 is 7.14. The smallest absolute Gasteiger partial charge is 0.187 e. The molecule has 5 nitrogen and oxygen atoms in total. The molecule has 26 heavy (non-hydrogen) atoms. The van der Waals surface area contributed by atoms with Crippen LogP contribution in [0.15, 0.2) is 34.4 Å². The van der Waals surface area contributed by atoms with Crippen molar-refractivity contribution in [3.8, 4) is 0 Å². The molecule has 0 unspecified atom stereocenters. The van der Waals surface area contributed by atoms with E-state index in [-0.39, 0.29) is 0 Å². The Bertz CT molecular complexity index is 663. The van der Waals surface area contributed by atoms with Gasteiger partial charge in [-0.3, -0.25) is 10.4 Å². The van der Waals surface area contributed by atoms with Crippen LogP contribution in [-0.4, -0.2) is 34.3 Å². The summed E-state index contributed by atoms with van der Waals surface area (Å²) in [6, 6.07) is 8.74. The normalized spacial score (nSPS) is 18.8. The highest BCUT2D eigenvalue weighted by atomic mass is 32.2. The summed E-state index contributed by atoms with van der Waals surface area (Å²) in [6.45, 7) is 2.90. The van der Waals surface area contributed by atoms with Gasteiger partial charge in [0.05, 0.1) is 5.71 Å². The number of nitrogens with one attached hydrogen (secondary N) is 3. The lowest BCUT2D eigenvalue weighted by Gasteiger charge is -2.23. The van der Waals surface area contributed by atoms with Crippen molar-refractivity contribution in [3.63, 3.8) is 0 Å². The molecule has 0 saturated heterocycles. The zero-order valence-electron chi connectivity index (χ0n) is 15.3. The fourth-order valence-electron chi connectivity index (χ4n) is 3.12. The summed E-state index contributed by atoms with van der Waals surface area (Å²) in [4.78, 5) is 4.49. The minimum absolute atomic E-state index is 0.491. The van der Waals surface area contributed by atoms with Crippen LogP contribution in [0.4, 0.5) is 5.69 Å². The maximum absolute atomic E-state index is 5.36. The Hall–Kier alpha value is -1.60. The standard InChI is InChI=1S/C19H27N5S2/c1-14(23-24-18(25)21-16-6-3-2-4-7-16)15-8-10-17(11-9-15)22-19-20-12-5-13-26-19/h8-11,16H,2-7,12-13H2,1H3,(H,20,22)(H2,21,24,25)/b23-14-. The number of hydrogen-bond donors (Lipinski definition) is 3. The number of benzene rings is 1. The Morgan fingerprint density at radius 1 is 1.15 bits per heavy atom. The zero-order valence-corrected chi connectivity index (χ0v) is 16.9. The van der Waals surface area contributed by atoms with Crippen molar-refractivity contribution in [3.05, 3.63) is 29.8 Å². The second-order valence-corrected chi connectivity index (χ2v) is 8.20. The Balaban J connectivity index is 1.50. The summed E-state index contributed by atoms with van der Waals surface area (Å²) < 4.78 is 0. The van der Waals surface area contributed by atoms with Gasteiger partial charge in [0.15, 0.2) is 10.3 Å². The molecule has 3 N–H and O–H groups in total. The highest BCUT2D eigenvalue weighted by Crippen LogP contribution is 2.18. The molecule has 1 fully saturated rings.